The van der Waals surface area contributed by atoms with Gasteiger partial charge in [0.2, 0.25) is 0 Å². The Labute approximate surface area is 127 Å². The molecule has 1 heterocycles. The van der Waals surface area contributed by atoms with Crippen molar-refractivity contribution >= 4 is 33.9 Å². The fourth-order valence-corrected chi connectivity index (χ4v) is 3.87. The molecule has 1 unspecified atom stereocenters. The van der Waals surface area contributed by atoms with Crippen molar-refractivity contribution in [2.75, 3.05) is 7.05 Å². The van der Waals surface area contributed by atoms with E-state index in [1.54, 1.807) is 0 Å². The van der Waals surface area contributed by atoms with Gasteiger partial charge in [0, 0.05) is 19.4 Å². The Morgan fingerprint density at radius 1 is 1.28 bits per heavy atom. The summed E-state index contributed by atoms with van der Waals surface area (Å²) in [6.45, 7) is 4.40. The number of halogens is 1. The lowest BCUT2D eigenvalue weighted by Gasteiger charge is -2.10. The van der Waals surface area contributed by atoms with Gasteiger partial charge in [0.1, 0.15) is 0 Å². The first-order valence-electron chi connectivity index (χ1n) is 6.19. The first-order chi connectivity index (χ1) is 8.65. The Bertz CT molecular complexity index is 529. The topological polar surface area (TPSA) is 12.0 Å². The molecule has 0 saturated heterocycles. The number of hydrogen-bond acceptors (Lipinski definition) is 2. The summed E-state index contributed by atoms with van der Waals surface area (Å²) in [5.41, 5.74) is 2.71. The Morgan fingerprint density at radius 2 is 2.06 bits per heavy atom. The zero-order valence-corrected chi connectivity index (χ0v) is 13.9. The summed E-state index contributed by atoms with van der Waals surface area (Å²) in [4.78, 5) is 2.79. The van der Waals surface area contributed by atoms with Gasteiger partial charge in [0.15, 0.2) is 0 Å². The summed E-state index contributed by atoms with van der Waals surface area (Å²) in [6.07, 6.45) is 1.13. The van der Waals surface area contributed by atoms with Crippen molar-refractivity contribution in [3.63, 3.8) is 0 Å². The fourth-order valence-electron chi connectivity index (χ4n) is 2.09. The molecule has 1 nitrogen and oxygen atoms in total. The number of rotatable bonds is 4. The fraction of sp³-hybridized carbons (Fsp3) is 0.333. The van der Waals surface area contributed by atoms with Crippen LogP contribution in [0.3, 0.4) is 0 Å². The van der Waals surface area contributed by atoms with E-state index in [1.807, 2.05) is 18.4 Å². The molecule has 0 bridgehead atoms. The van der Waals surface area contributed by atoms with Crippen LogP contribution in [0.15, 0.2) is 30.3 Å². The van der Waals surface area contributed by atoms with Gasteiger partial charge in [-0.1, -0.05) is 13.0 Å². The second kappa shape index (κ2) is 6.17. The van der Waals surface area contributed by atoms with Crippen LogP contribution in [-0.2, 0) is 0 Å². The highest BCUT2D eigenvalue weighted by molar-refractivity contribution is 14.1. The minimum atomic E-state index is 0.479. The molecule has 0 aliphatic carbocycles. The average molecular weight is 371 g/mol. The van der Waals surface area contributed by atoms with Gasteiger partial charge in [-0.05, 0) is 78.4 Å². The normalized spacial score (nSPS) is 12.7. The second-order valence-corrected chi connectivity index (χ2v) is 6.77. The molecule has 2 rings (SSSR count). The summed E-state index contributed by atoms with van der Waals surface area (Å²) in [5, 5.41) is 3.37. The van der Waals surface area contributed by atoms with Gasteiger partial charge in [-0.25, -0.2) is 0 Å². The largest absolute Gasteiger partial charge is 0.312 e. The molecule has 0 amide bonds. The molecule has 0 fully saturated rings. The van der Waals surface area contributed by atoms with Crippen molar-refractivity contribution in [2.24, 2.45) is 0 Å². The second-order valence-electron chi connectivity index (χ2n) is 4.41. The van der Waals surface area contributed by atoms with Crippen LogP contribution in [0.1, 0.15) is 29.8 Å². The Balaban J connectivity index is 2.37. The van der Waals surface area contributed by atoms with E-state index in [1.165, 1.54) is 24.5 Å². The highest BCUT2D eigenvalue weighted by atomic mass is 127. The minimum absolute atomic E-state index is 0.479. The van der Waals surface area contributed by atoms with Crippen LogP contribution in [0.25, 0.3) is 10.4 Å². The smallest absolute Gasteiger partial charge is 0.0409 e. The van der Waals surface area contributed by atoms with E-state index in [2.05, 4.69) is 72.1 Å². The Kier molecular flexibility index (Phi) is 4.81. The van der Waals surface area contributed by atoms with Crippen LogP contribution in [-0.4, -0.2) is 7.05 Å². The Morgan fingerprint density at radius 3 is 2.72 bits per heavy atom. The van der Waals surface area contributed by atoms with Crippen molar-refractivity contribution in [1.29, 1.82) is 0 Å². The van der Waals surface area contributed by atoms with Gasteiger partial charge in [-0.15, -0.1) is 11.3 Å². The SMILES string of the molecule is CCC(NC)c1ccc(-c2cc(I)ccc2C)s1. The van der Waals surface area contributed by atoms with E-state index in [-0.39, 0.29) is 0 Å². The molecule has 1 aromatic heterocycles. The lowest BCUT2D eigenvalue weighted by atomic mass is 10.1. The highest BCUT2D eigenvalue weighted by Crippen LogP contribution is 2.34. The van der Waals surface area contributed by atoms with Gasteiger partial charge in [0.05, 0.1) is 0 Å². The third-order valence-corrected chi connectivity index (χ3v) is 5.10. The Hall–Kier alpha value is -0.390. The van der Waals surface area contributed by atoms with Gasteiger partial charge >= 0.3 is 0 Å². The predicted octanol–water partition coefficient (Wildman–Crippen LogP) is 5.00. The monoisotopic (exact) mass is 371 g/mol. The molecule has 18 heavy (non-hydrogen) atoms. The molecular weight excluding hydrogens is 353 g/mol. The van der Waals surface area contributed by atoms with E-state index >= 15 is 0 Å². The third-order valence-electron chi connectivity index (χ3n) is 3.19. The summed E-state index contributed by atoms with van der Waals surface area (Å²) in [7, 11) is 2.03. The van der Waals surface area contributed by atoms with Crippen molar-refractivity contribution in [3.05, 3.63) is 44.3 Å². The van der Waals surface area contributed by atoms with Gasteiger partial charge < -0.3 is 5.32 Å². The molecule has 2 aromatic rings. The van der Waals surface area contributed by atoms with Crippen molar-refractivity contribution in [2.45, 2.75) is 26.3 Å². The van der Waals surface area contributed by atoms with E-state index in [9.17, 15) is 0 Å². The third kappa shape index (κ3) is 2.95. The quantitative estimate of drug-likeness (QED) is 0.746. The average Bonchev–Trinajstić information content (AvgIpc) is 2.83. The van der Waals surface area contributed by atoms with Crippen molar-refractivity contribution in [1.82, 2.24) is 5.32 Å². The first kappa shape index (κ1) is 14.0. The number of benzene rings is 1. The van der Waals surface area contributed by atoms with Gasteiger partial charge in [0.25, 0.3) is 0 Å². The van der Waals surface area contributed by atoms with Crippen molar-refractivity contribution in [3.8, 4) is 10.4 Å². The lowest BCUT2D eigenvalue weighted by Crippen LogP contribution is -2.13. The molecule has 0 spiro atoms. The van der Waals surface area contributed by atoms with Crippen LogP contribution in [0, 0.1) is 10.5 Å². The van der Waals surface area contributed by atoms with Crippen LogP contribution in [0.4, 0.5) is 0 Å². The van der Waals surface area contributed by atoms with Crippen LogP contribution < -0.4 is 5.32 Å². The van der Waals surface area contributed by atoms with Crippen LogP contribution >= 0.6 is 33.9 Å². The molecule has 3 heteroatoms. The van der Waals surface area contributed by atoms with Crippen molar-refractivity contribution < 1.29 is 0 Å². The maximum atomic E-state index is 3.37. The highest BCUT2D eigenvalue weighted by Gasteiger charge is 2.11. The molecule has 1 atom stereocenters. The molecule has 0 radical (unpaired) electrons. The molecule has 1 aromatic carbocycles. The van der Waals surface area contributed by atoms with Crippen LogP contribution in [0.5, 0.6) is 0 Å². The maximum Gasteiger partial charge on any atom is 0.0409 e. The number of nitrogens with one attached hydrogen (secondary N) is 1. The lowest BCUT2D eigenvalue weighted by molar-refractivity contribution is 0.586. The summed E-state index contributed by atoms with van der Waals surface area (Å²) >= 11 is 4.28. The van der Waals surface area contributed by atoms with E-state index < -0.39 is 0 Å². The first-order valence-corrected chi connectivity index (χ1v) is 8.08. The molecule has 1 N–H and O–H groups in total. The predicted molar refractivity (Wildman–Crippen MR) is 89.3 cm³/mol. The van der Waals surface area contributed by atoms with E-state index in [4.69, 9.17) is 0 Å². The zero-order valence-electron chi connectivity index (χ0n) is 11.0. The summed E-state index contributed by atoms with van der Waals surface area (Å²) in [6, 6.07) is 11.6. The van der Waals surface area contributed by atoms with E-state index in [0.29, 0.717) is 6.04 Å². The standard InChI is InChI=1S/C15H18INS/c1-4-13(17-3)15-8-7-14(18-15)12-9-11(16)6-5-10(12)2/h5-9,13,17H,4H2,1-3H3. The number of aryl methyl sites for hydroxylation is 1. The summed E-state index contributed by atoms with van der Waals surface area (Å²) in [5.74, 6) is 0. The van der Waals surface area contributed by atoms with Gasteiger partial charge in [-0.2, -0.15) is 0 Å². The number of thiophene rings is 1. The molecule has 0 aliphatic rings. The molecule has 0 saturated carbocycles. The molecule has 96 valence electrons. The zero-order chi connectivity index (χ0) is 13.1. The number of hydrogen-bond donors (Lipinski definition) is 1. The summed E-state index contributed by atoms with van der Waals surface area (Å²) < 4.78 is 1.30. The van der Waals surface area contributed by atoms with Crippen LogP contribution in [0.2, 0.25) is 0 Å². The minimum Gasteiger partial charge on any atom is -0.312 e. The van der Waals surface area contributed by atoms with E-state index in [0.717, 1.165) is 6.42 Å². The maximum absolute atomic E-state index is 3.37. The van der Waals surface area contributed by atoms with Gasteiger partial charge in [-0.3, -0.25) is 0 Å². The molecule has 0 aliphatic heterocycles. The molecular formula is C15H18INS.